The minimum atomic E-state index is -0.411. The topological polar surface area (TPSA) is 36.9 Å². The molecule has 2 bridgehead atoms. The smallest absolute Gasteiger partial charge is 0.122 e. The van der Waals surface area contributed by atoms with Gasteiger partial charge in [0.05, 0.1) is 13.2 Å². The van der Waals surface area contributed by atoms with E-state index in [4.69, 9.17) is 26.8 Å². The van der Waals surface area contributed by atoms with E-state index in [0.29, 0.717) is 13.2 Å². The molecule has 78 valence electrons. The fourth-order valence-electron chi connectivity index (χ4n) is 2.41. The van der Waals surface area contributed by atoms with Gasteiger partial charge in [-0.25, -0.2) is 0 Å². The summed E-state index contributed by atoms with van der Waals surface area (Å²) in [6.07, 6.45) is 0.485. The van der Waals surface area contributed by atoms with Gasteiger partial charge in [-0.05, 0) is 0 Å². The molecule has 2 heterocycles. The van der Waals surface area contributed by atoms with E-state index in [9.17, 15) is 0 Å². The molecule has 4 nitrogen and oxygen atoms in total. The summed E-state index contributed by atoms with van der Waals surface area (Å²) in [4.78, 5) is 0. The van der Waals surface area contributed by atoms with Crippen LogP contribution in [0.3, 0.4) is 0 Å². The highest BCUT2D eigenvalue weighted by Crippen LogP contribution is 2.40. The molecule has 0 amide bonds. The lowest BCUT2D eigenvalue weighted by atomic mass is 9.86. The molecule has 14 heavy (non-hydrogen) atoms. The second kappa shape index (κ2) is 3.81. The van der Waals surface area contributed by atoms with E-state index in [1.807, 2.05) is 0 Å². The molecule has 4 atom stereocenters. The molecule has 0 saturated carbocycles. The second-order valence-electron chi connectivity index (χ2n) is 3.82. The lowest BCUT2D eigenvalue weighted by Crippen LogP contribution is -2.52. The third kappa shape index (κ3) is 1.39. The molecule has 0 spiro atoms. The van der Waals surface area contributed by atoms with Crippen LogP contribution in [-0.4, -0.2) is 59.1 Å². The molecule has 0 aromatic heterocycles. The normalized spacial score (nSPS) is 46.9. The minimum Gasteiger partial charge on any atom is -0.382 e. The van der Waals surface area contributed by atoms with Crippen LogP contribution in [0.2, 0.25) is 0 Å². The van der Waals surface area contributed by atoms with Gasteiger partial charge in [-0.1, -0.05) is 0 Å². The summed E-state index contributed by atoms with van der Waals surface area (Å²) < 4.78 is 21.8. The largest absolute Gasteiger partial charge is 0.382 e. The van der Waals surface area contributed by atoms with Crippen LogP contribution in [0, 0.1) is 0 Å². The predicted octanol–water partition coefficient (Wildman–Crippen LogP) is -0.300. The highest BCUT2D eigenvalue weighted by molar-refractivity contribution is 6.11. The summed E-state index contributed by atoms with van der Waals surface area (Å²) >= 11 is 0. The summed E-state index contributed by atoms with van der Waals surface area (Å²) in [5, 5.41) is 0. The van der Waals surface area contributed by atoms with Crippen molar-refractivity contribution in [3.63, 3.8) is 0 Å². The van der Waals surface area contributed by atoms with Crippen LogP contribution in [0.25, 0.3) is 0 Å². The molecule has 0 N–H and O–H groups in total. The fraction of sp³-hybridized carbons (Fsp3) is 1.00. The van der Waals surface area contributed by atoms with Crippen LogP contribution in [0.15, 0.2) is 0 Å². The lowest BCUT2D eigenvalue weighted by Gasteiger charge is -2.37. The standard InChI is InChI=1S/C9H15BO4/c1-11-5-9-3-4-13-6(7(9)12-2)8(10)14-9/h6-8H,3-5H2,1-2H3/t6-,7?,8+,9-/m0/s1. The van der Waals surface area contributed by atoms with E-state index >= 15 is 0 Å². The van der Waals surface area contributed by atoms with E-state index in [1.54, 1.807) is 14.2 Å². The van der Waals surface area contributed by atoms with Gasteiger partial charge in [-0.15, -0.1) is 0 Å². The molecule has 2 rings (SSSR count). The minimum absolute atomic E-state index is 0.119. The van der Waals surface area contributed by atoms with Gasteiger partial charge in [0, 0.05) is 26.6 Å². The van der Waals surface area contributed by atoms with E-state index < -0.39 is 11.6 Å². The summed E-state index contributed by atoms with van der Waals surface area (Å²) in [5.41, 5.74) is -0.411. The SMILES string of the molecule is [B][C@@H]1O[C@]2(COC)CCO[C@H]1C2OC. The van der Waals surface area contributed by atoms with Crippen molar-refractivity contribution in [1.82, 2.24) is 0 Å². The van der Waals surface area contributed by atoms with Gasteiger partial charge in [0.1, 0.15) is 25.7 Å². The van der Waals surface area contributed by atoms with Crippen LogP contribution >= 0.6 is 0 Å². The zero-order valence-electron chi connectivity index (χ0n) is 8.56. The first-order valence-corrected chi connectivity index (χ1v) is 4.80. The molecule has 1 unspecified atom stereocenters. The van der Waals surface area contributed by atoms with Crippen LogP contribution in [0.5, 0.6) is 0 Å². The summed E-state index contributed by atoms with van der Waals surface area (Å²) in [7, 11) is 9.12. The number of ether oxygens (including phenoxy) is 4. The Balaban J connectivity index is 2.20. The summed E-state index contributed by atoms with van der Waals surface area (Å²) in [6, 6.07) is -0.405. The summed E-state index contributed by atoms with van der Waals surface area (Å²) in [6.45, 7) is 1.15. The van der Waals surface area contributed by atoms with Crippen molar-refractivity contribution in [2.75, 3.05) is 27.4 Å². The molecule has 5 heteroatoms. The molecule has 2 aliphatic heterocycles. The molecular weight excluding hydrogens is 183 g/mol. The first kappa shape index (κ1) is 10.4. The van der Waals surface area contributed by atoms with Crippen molar-refractivity contribution < 1.29 is 18.9 Å². The fourth-order valence-corrected chi connectivity index (χ4v) is 2.41. The first-order chi connectivity index (χ1) is 6.73. The predicted molar refractivity (Wildman–Crippen MR) is 50.4 cm³/mol. The Morgan fingerprint density at radius 3 is 2.93 bits per heavy atom. The highest BCUT2D eigenvalue weighted by Gasteiger charge is 2.56. The van der Waals surface area contributed by atoms with Gasteiger partial charge in [0.2, 0.25) is 0 Å². The van der Waals surface area contributed by atoms with Crippen molar-refractivity contribution in [3.8, 4) is 0 Å². The van der Waals surface area contributed by atoms with Crippen LogP contribution in [0.1, 0.15) is 6.42 Å². The number of hydrogen-bond acceptors (Lipinski definition) is 4. The van der Waals surface area contributed by atoms with Crippen molar-refractivity contribution in [1.29, 1.82) is 0 Å². The van der Waals surface area contributed by atoms with Gasteiger partial charge >= 0.3 is 0 Å². The van der Waals surface area contributed by atoms with Gasteiger partial charge in [-0.2, -0.15) is 0 Å². The Bertz CT molecular complexity index is 209. The number of rotatable bonds is 3. The Kier molecular flexibility index (Phi) is 2.84. The Hall–Kier alpha value is -0.0951. The Morgan fingerprint density at radius 1 is 1.50 bits per heavy atom. The second-order valence-corrected chi connectivity index (χ2v) is 3.82. The first-order valence-electron chi connectivity index (χ1n) is 4.80. The average Bonchev–Trinajstić information content (AvgIpc) is 2.30. The van der Waals surface area contributed by atoms with E-state index in [0.717, 1.165) is 6.42 Å². The Labute approximate surface area is 85.3 Å². The van der Waals surface area contributed by atoms with Crippen LogP contribution in [-0.2, 0) is 18.9 Å². The third-order valence-corrected chi connectivity index (χ3v) is 2.99. The van der Waals surface area contributed by atoms with Crippen molar-refractivity contribution in [2.45, 2.75) is 30.2 Å². The molecule has 2 aliphatic rings. The van der Waals surface area contributed by atoms with Gasteiger partial charge < -0.3 is 18.9 Å². The summed E-state index contributed by atoms with van der Waals surface area (Å²) in [5.74, 6) is 0. The van der Waals surface area contributed by atoms with E-state index in [2.05, 4.69) is 0 Å². The van der Waals surface area contributed by atoms with E-state index in [-0.39, 0.29) is 12.2 Å². The number of fused-ring (bicyclic) bond motifs is 2. The quantitative estimate of drug-likeness (QED) is 0.583. The maximum Gasteiger partial charge on any atom is 0.122 e. The van der Waals surface area contributed by atoms with Gasteiger partial charge in [0.25, 0.3) is 0 Å². The highest BCUT2D eigenvalue weighted by atomic mass is 16.6. The molecule has 0 aromatic carbocycles. The average molecular weight is 198 g/mol. The van der Waals surface area contributed by atoms with Crippen LogP contribution < -0.4 is 0 Å². The maximum absolute atomic E-state index is 5.82. The molecule has 0 aliphatic carbocycles. The zero-order chi connectivity index (χ0) is 10.2. The monoisotopic (exact) mass is 198 g/mol. The van der Waals surface area contributed by atoms with E-state index in [1.165, 1.54) is 0 Å². The molecule has 2 saturated heterocycles. The lowest BCUT2D eigenvalue weighted by molar-refractivity contribution is -0.155. The zero-order valence-corrected chi connectivity index (χ0v) is 8.56. The number of methoxy groups -OCH3 is 2. The van der Waals surface area contributed by atoms with Gasteiger partial charge in [-0.3, -0.25) is 0 Å². The molecule has 0 aromatic rings. The molecule has 2 fully saturated rings. The molecule has 2 radical (unpaired) electrons. The van der Waals surface area contributed by atoms with Crippen LogP contribution in [0.4, 0.5) is 0 Å². The number of hydrogen-bond donors (Lipinski definition) is 0. The van der Waals surface area contributed by atoms with Crippen molar-refractivity contribution in [2.24, 2.45) is 0 Å². The van der Waals surface area contributed by atoms with Crippen molar-refractivity contribution >= 4 is 7.85 Å². The van der Waals surface area contributed by atoms with Gasteiger partial charge in [0.15, 0.2) is 0 Å². The maximum atomic E-state index is 5.82. The Morgan fingerprint density at radius 2 is 2.29 bits per heavy atom. The van der Waals surface area contributed by atoms with Crippen molar-refractivity contribution in [3.05, 3.63) is 0 Å². The molecular formula is C9H15BO4. The third-order valence-electron chi connectivity index (χ3n) is 2.99.